The molecule has 0 atom stereocenters. The Morgan fingerprint density at radius 2 is 1.55 bits per heavy atom. The van der Waals surface area contributed by atoms with E-state index < -0.39 is 0 Å². The van der Waals surface area contributed by atoms with Crippen molar-refractivity contribution < 1.29 is 0 Å². The Kier molecular flexibility index (Phi) is 12.2. The van der Waals surface area contributed by atoms with Crippen LogP contribution < -0.4 is 0 Å². The van der Waals surface area contributed by atoms with Crippen LogP contribution >= 0.6 is 36.4 Å². The minimum Gasteiger partial charge on any atom is -0.303 e. The first-order valence-electron chi connectivity index (χ1n) is 10.5. The Morgan fingerprint density at radius 1 is 0.931 bits per heavy atom. The first-order valence-corrected chi connectivity index (χ1v) is 10.9. The van der Waals surface area contributed by atoms with Gasteiger partial charge in [-0.3, -0.25) is 0 Å². The third kappa shape index (κ3) is 7.77. The summed E-state index contributed by atoms with van der Waals surface area (Å²) in [6.45, 7) is 11.8. The highest BCUT2D eigenvalue weighted by Gasteiger charge is 2.20. The lowest BCUT2D eigenvalue weighted by molar-refractivity contribution is 0.159. The van der Waals surface area contributed by atoms with Crippen molar-refractivity contribution in [2.45, 2.75) is 33.1 Å². The smallest absolute Gasteiger partial charge is 0.0406 e. The van der Waals surface area contributed by atoms with E-state index in [2.05, 4.69) is 60.0 Å². The maximum absolute atomic E-state index is 6.06. The quantitative estimate of drug-likeness (QED) is 0.449. The molecule has 3 rings (SSSR count). The molecule has 1 aliphatic rings. The van der Waals surface area contributed by atoms with Gasteiger partial charge in [-0.25, -0.2) is 0 Å². The maximum atomic E-state index is 6.06. The number of likely N-dealkylation sites (N-methyl/N-ethyl adjacent to an activating group) is 1. The number of nitrogens with zero attached hydrogens (tertiary/aromatic N) is 2. The van der Waals surface area contributed by atoms with Crippen LogP contribution in [0.1, 0.15) is 32.3 Å². The topological polar surface area (TPSA) is 6.48 Å². The molecule has 0 aliphatic carbocycles. The molecule has 2 aromatic rings. The molecule has 162 valence electrons. The van der Waals surface area contributed by atoms with Crippen LogP contribution in [-0.2, 0) is 6.42 Å². The second kappa shape index (κ2) is 13.5. The summed E-state index contributed by atoms with van der Waals surface area (Å²) in [5.41, 5.74) is 4.10. The molecular formula is C24H35Cl3N2. The van der Waals surface area contributed by atoms with E-state index >= 15 is 0 Å². The van der Waals surface area contributed by atoms with E-state index in [1.165, 1.54) is 62.1 Å². The van der Waals surface area contributed by atoms with E-state index in [1.807, 2.05) is 12.1 Å². The summed E-state index contributed by atoms with van der Waals surface area (Å²) in [6, 6.07) is 17.1. The van der Waals surface area contributed by atoms with Gasteiger partial charge in [-0.1, -0.05) is 61.8 Å². The van der Waals surface area contributed by atoms with Crippen molar-refractivity contribution in [2.75, 3.05) is 39.3 Å². The SMILES string of the molecule is CCN(CC)CCN1CCC(Cc2ccccc2-c2ccc(Cl)cc2)CC1.Cl.Cl. The van der Waals surface area contributed by atoms with Gasteiger partial charge in [-0.05, 0) is 80.2 Å². The second-order valence-corrected chi connectivity index (χ2v) is 8.12. The Labute approximate surface area is 194 Å². The molecule has 0 aromatic heterocycles. The lowest BCUT2D eigenvalue weighted by atomic mass is 9.87. The number of hydrogen-bond acceptors (Lipinski definition) is 2. The average molecular weight is 458 g/mol. The molecule has 2 nitrogen and oxygen atoms in total. The van der Waals surface area contributed by atoms with Crippen LogP contribution in [-0.4, -0.2) is 49.1 Å². The first kappa shape index (κ1) is 26.3. The van der Waals surface area contributed by atoms with E-state index in [1.54, 1.807) is 0 Å². The van der Waals surface area contributed by atoms with Crippen LogP contribution in [0.5, 0.6) is 0 Å². The van der Waals surface area contributed by atoms with Crippen LogP contribution in [0.2, 0.25) is 5.02 Å². The molecule has 0 saturated carbocycles. The van der Waals surface area contributed by atoms with Gasteiger partial charge in [-0.15, -0.1) is 24.8 Å². The minimum atomic E-state index is 0. The van der Waals surface area contributed by atoms with Gasteiger partial charge in [0.15, 0.2) is 0 Å². The van der Waals surface area contributed by atoms with Gasteiger partial charge in [0.1, 0.15) is 0 Å². The van der Waals surface area contributed by atoms with Gasteiger partial charge in [0.25, 0.3) is 0 Å². The van der Waals surface area contributed by atoms with Crippen molar-refractivity contribution in [3.05, 3.63) is 59.1 Å². The van der Waals surface area contributed by atoms with Crippen molar-refractivity contribution in [2.24, 2.45) is 5.92 Å². The molecule has 1 heterocycles. The molecule has 0 spiro atoms. The Morgan fingerprint density at radius 3 is 2.17 bits per heavy atom. The van der Waals surface area contributed by atoms with Crippen LogP contribution in [0.25, 0.3) is 11.1 Å². The molecule has 5 heteroatoms. The summed E-state index contributed by atoms with van der Waals surface area (Å²) in [5.74, 6) is 0.795. The molecular weight excluding hydrogens is 423 g/mol. The van der Waals surface area contributed by atoms with Gasteiger partial charge in [0, 0.05) is 18.1 Å². The Bertz CT molecular complexity index is 694. The molecule has 2 aromatic carbocycles. The van der Waals surface area contributed by atoms with Crippen molar-refractivity contribution in [1.82, 2.24) is 9.80 Å². The second-order valence-electron chi connectivity index (χ2n) is 7.68. The number of halogens is 3. The summed E-state index contributed by atoms with van der Waals surface area (Å²) in [7, 11) is 0. The molecule has 0 amide bonds. The van der Waals surface area contributed by atoms with E-state index in [9.17, 15) is 0 Å². The van der Waals surface area contributed by atoms with Gasteiger partial charge in [-0.2, -0.15) is 0 Å². The van der Waals surface area contributed by atoms with Crippen LogP contribution in [0.4, 0.5) is 0 Å². The summed E-state index contributed by atoms with van der Waals surface area (Å²) in [6.07, 6.45) is 3.81. The number of piperidine rings is 1. The van der Waals surface area contributed by atoms with Crippen LogP contribution in [0, 0.1) is 5.92 Å². The van der Waals surface area contributed by atoms with Crippen molar-refractivity contribution in [1.29, 1.82) is 0 Å². The highest BCUT2D eigenvalue weighted by atomic mass is 35.5. The van der Waals surface area contributed by atoms with Crippen molar-refractivity contribution in [3.8, 4) is 11.1 Å². The fraction of sp³-hybridized carbons (Fsp3) is 0.500. The van der Waals surface area contributed by atoms with Gasteiger partial charge >= 0.3 is 0 Å². The maximum Gasteiger partial charge on any atom is 0.0406 e. The largest absolute Gasteiger partial charge is 0.303 e. The van der Waals surface area contributed by atoms with Gasteiger partial charge < -0.3 is 9.80 Å². The van der Waals surface area contributed by atoms with E-state index in [0.29, 0.717) is 0 Å². The highest BCUT2D eigenvalue weighted by Crippen LogP contribution is 2.29. The van der Waals surface area contributed by atoms with Gasteiger partial charge in [0.05, 0.1) is 0 Å². The standard InChI is InChI=1S/C24H33ClN2.2ClH/c1-3-26(4-2)17-18-27-15-13-20(14-16-27)19-22-7-5-6-8-24(22)21-9-11-23(25)12-10-21;;/h5-12,20H,3-4,13-19H2,1-2H3;2*1H. The summed E-state index contributed by atoms with van der Waals surface area (Å²) in [4.78, 5) is 5.17. The van der Waals surface area contributed by atoms with Crippen molar-refractivity contribution >= 4 is 36.4 Å². The average Bonchev–Trinajstić information content (AvgIpc) is 2.71. The van der Waals surface area contributed by atoms with E-state index in [-0.39, 0.29) is 24.8 Å². The molecule has 1 aliphatic heterocycles. The number of likely N-dealkylation sites (tertiary alicyclic amines) is 1. The molecule has 0 N–H and O–H groups in total. The van der Waals surface area contributed by atoms with Crippen LogP contribution in [0.3, 0.4) is 0 Å². The van der Waals surface area contributed by atoms with E-state index in [0.717, 1.165) is 24.0 Å². The number of rotatable bonds is 8. The Balaban J connectivity index is 0.00000210. The zero-order valence-electron chi connectivity index (χ0n) is 17.6. The number of benzene rings is 2. The first-order chi connectivity index (χ1) is 13.2. The zero-order chi connectivity index (χ0) is 19.1. The fourth-order valence-corrected chi connectivity index (χ4v) is 4.28. The third-order valence-corrected chi connectivity index (χ3v) is 6.27. The Hall–Kier alpha value is -0.770. The van der Waals surface area contributed by atoms with Crippen molar-refractivity contribution in [3.63, 3.8) is 0 Å². The summed E-state index contributed by atoms with van der Waals surface area (Å²) >= 11 is 6.06. The molecule has 1 saturated heterocycles. The number of hydrogen-bond donors (Lipinski definition) is 0. The lowest BCUT2D eigenvalue weighted by Crippen LogP contribution is -2.40. The minimum absolute atomic E-state index is 0. The predicted molar refractivity (Wildman–Crippen MR) is 132 cm³/mol. The highest BCUT2D eigenvalue weighted by molar-refractivity contribution is 6.30. The third-order valence-electron chi connectivity index (χ3n) is 6.02. The van der Waals surface area contributed by atoms with Gasteiger partial charge in [0.2, 0.25) is 0 Å². The monoisotopic (exact) mass is 456 g/mol. The lowest BCUT2D eigenvalue weighted by Gasteiger charge is -2.33. The summed E-state index contributed by atoms with van der Waals surface area (Å²) < 4.78 is 0. The predicted octanol–water partition coefficient (Wildman–Crippen LogP) is 6.45. The normalized spacial score (nSPS) is 15.0. The molecule has 29 heavy (non-hydrogen) atoms. The molecule has 1 fully saturated rings. The van der Waals surface area contributed by atoms with Crippen LogP contribution in [0.15, 0.2) is 48.5 Å². The molecule has 0 bridgehead atoms. The zero-order valence-corrected chi connectivity index (χ0v) is 20.0. The summed E-state index contributed by atoms with van der Waals surface area (Å²) in [5, 5.41) is 0.799. The fourth-order valence-electron chi connectivity index (χ4n) is 4.16. The molecule has 0 unspecified atom stereocenters. The molecule has 0 radical (unpaired) electrons. The van der Waals surface area contributed by atoms with E-state index in [4.69, 9.17) is 11.6 Å².